The van der Waals surface area contributed by atoms with Crippen molar-refractivity contribution in [1.82, 2.24) is 0 Å². The number of benzene rings is 3. The van der Waals surface area contributed by atoms with Gasteiger partial charge in [-0.1, -0.05) is 45.0 Å². The number of ether oxygens (including phenoxy) is 1. The molecule has 38 heavy (non-hydrogen) atoms. The van der Waals surface area contributed by atoms with Crippen molar-refractivity contribution >= 4 is 50.7 Å². The number of methoxy groups -OCH3 is 1. The first-order valence-corrected chi connectivity index (χ1v) is 12.8. The Balaban J connectivity index is 1.89. The lowest BCUT2D eigenvalue weighted by Crippen LogP contribution is -2.29. The highest BCUT2D eigenvalue weighted by Gasteiger charge is 2.47. The number of aliphatic hydroxyl groups is 1. The average molecular weight is 577 g/mol. The molecule has 3 aromatic rings. The molecule has 0 spiro atoms. The number of anilines is 2. The van der Waals surface area contributed by atoms with Crippen molar-refractivity contribution in [3.8, 4) is 5.75 Å². The third-order valence-corrected chi connectivity index (χ3v) is 7.05. The van der Waals surface area contributed by atoms with Crippen molar-refractivity contribution in [3.05, 3.63) is 93.5 Å². The summed E-state index contributed by atoms with van der Waals surface area (Å²) in [6.45, 7) is 7.72. The number of Topliss-reactive ketones (excluding diaryl/α,β-unsaturated/α-hetero) is 1. The zero-order valence-corrected chi connectivity index (χ0v) is 23.4. The molecule has 1 saturated heterocycles. The monoisotopic (exact) mass is 576 g/mol. The molecule has 1 unspecified atom stereocenters. The van der Waals surface area contributed by atoms with E-state index in [2.05, 4.69) is 42.0 Å². The van der Waals surface area contributed by atoms with Crippen molar-refractivity contribution in [3.63, 3.8) is 0 Å². The minimum absolute atomic E-state index is 0.0125. The molecule has 1 heterocycles. The second-order valence-corrected chi connectivity index (χ2v) is 11.0. The number of hydrogen-bond donors (Lipinski definition) is 2. The van der Waals surface area contributed by atoms with Crippen molar-refractivity contribution in [2.75, 3.05) is 17.3 Å². The van der Waals surface area contributed by atoms with Crippen molar-refractivity contribution in [1.29, 1.82) is 0 Å². The maximum Gasteiger partial charge on any atom is 0.300 e. The van der Waals surface area contributed by atoms with E-state index in [4.69, 9.17) is 4.74 Å². The van der Waals surface area contributed by atoms with E-state index in [9.17, 15) is 19.5 Å². The molecule has 1 fully saturated rings. The number of rotatable bonds is 5. The van der Waals surface area contributed by atoms with Gasteiger partial charge < -0.3 is 15.2 Å². The van der Waals surface area contributed by atoms with Crippen LogP contribution in [0.2, 0.25) is 0 Å². The first-order valence-electron chi connectivity index (χ1n) is 12.1. The van der Waals surface area contributed by atoms with Crippen LogP contribution in [0.1, 0.15) is 50.4 Å². The Morgan fingerprint density at radius 3 is 2.16 bits per heavy atom. The lowest BCUT2D eigenvalue weighted by molar-refractivity contribution is -0.132. The van der Waals surface area contributed by atoms with E-state index in [0.717, 1.165) is 5.56 Å². The number of nitrogens with one attached hydrogen (secondary N) is 1. The fourth-order valence-electron chi connectivity index (χ4n) is 4.46. The Labute approximate surface area is 230 Å². The predicted octanol–water partition coefficient (Wildman–Crippen LogP) is 6.34. The van der Waals surface area contributed by atoms with Crippen LogP contribution >= 0.6 is 15.9 Å². The van der Waals surface area contributed by atoms with Crippen molar-refractivity contribution in [2.45, 2.75) is 39.2 Å². The van der Waals surface area contributed by atoms with Crippen LogP contribution in [0, 0.1) is 0 Å². The van der Waals surface area contributed by atoms with E-state index >= 15 is 0 Å². The molecular formula is C30H29BrN2O5. The molecule has 1 atom stereocenters. The van der Waals surface area contributed by atoms with Crippen molar-refractivity contribution < 1.29 is 24.2 Å². The summed E-state index contributed by atoms with van der Waals surface area (Å²) in [6.07, 6.45) is 0. The summed E-state index contributed by atoms with van der Waals surface area (Å²) >= 11 is 3.42. The van der Waals surface area contributed by atoms with Crippen LogP contribution in [0.15, 0.2) is 76.8 Å². The third kappa shape index (κ3) is 5.22. The Bertz CT molecular complexity index is 1440. The van der Waals surface area contributed by atoms with Gasteiger partial charge in [0.2, 0.25) is 5.91 Å². The molecule has 0 radical (unpaired) electrons. The highest BCUT2D eigenvalue weighted by Crippen LogP contribution is 2.43. The first kappa shape index (κ1) is 27.1. The fourth-order valence-corrected chi connectivity index (χ4v) is 5.00. The van der Waals surface area contributed by atoms with Gasteiger partial charge in [0.25, 0.3) is 11.7 Å². The van der Waals surface area contributed by atoms with Gasteiger partial charge in [0.05, 0.1) is 23.2 Å². The number of carbonyl (C=O) groups excluding carboxylic acids is 3. The normalized spacial score (nSPS) is 17.0. The highest BCUT2D eigenvalue weighted by atomic mass is 79.9. The molecule has 3 aromatic carbocycles. The van der Waals surface area contributed by atoms with Crippen LogP contribution in [0.25, 0.3) is 5.76 Å². The van der Waals surface area contributed by atoms with Gasteiger partial charge in [-0.15, -0.1) is 0 Å². The minimum atomic E-state index is -0.864. The number of nitrogens with zero attached hydrogens (tertiary/aromatic N) is 1. The number of amides is 2. The number of hydrogen-bond acceptors (Lipinski definition) is 5. The molecule has 1 aliphatic heterocycles. The molecular weight excluding hydrogens is 548 g/mol. The van der Waals surface area contributed by atoms with E-state index in [0.29, 0.717) is 32.7 Å². The minimum Gasteiger partial charge on any atom is -0.507 e. The number of halogens is 1. The van der Waals surface area contributed by atoms with E-state index < -0.39 is 17.7 Å². The summed E-state index contributed by atoms with van der Waals surface area (Å²) in [7, 11) is 1.53. The summed E-state index contributed by atoms with van der Waals surface area (Å²) in [5.41, 5.74) is 3.06. The maximum atomic E-state index is 13.4. The summed E-state index contributed by atoms with van der Waals surface area (Å²) in [4.78, 5) is 39.7. The maximum absolute atomic E-state index is 13.4. The first-order chi connectivity index (χ1) is 17.9. The van der Waals surface area contributed by atoms with E-state index in [1.165, 1.54) is 18.9 Å². The molecule has 7 nitrogen and oxygen atoms in total. The third-order valence-electron chi connectivity index (χ3n) is 6.43. The Morgan fingerprint density at radius 1 is 1.00 bits per heavy atom. The van der Waals surface area contributed by atoms with Crippen LogP contribution in [0.4, 0.5) is 11.4 Å². The topological polar surface area (TPSA) is 95.9 Å². The van der Waals surface area contributed by atoms with Gasteiger partial charge in [0.15, 0.2) is 0 Å². The van der Waals surface area contributed by atoms with Gasteiger partial charge in [-0.25, -0.2) is 0 Å². The molecule has 0 saturated carbocycles. The fraction of sp³-hybridized carbons (Fsp3) is 0.233. The summed E-state index contributed by atoms with van der Waals surface area (Å²) in [5.74, 6) is -1.48. The second kappa shape index (κ2) is 10.5. The van der Waals surface area contributed by atoms with Gasteiger partial charge in [-0.3, -0.25) is 19.3 Å². The summed E-state index contributed by atoms with van der Waals surface area (Å²) < 4.78 is 5.88. The van der Waals surface area contributed by atoms with Crippen LogP contribution in [-0.2, 0) is 19.8 Å². The zero-order valence-electron chi connectivity index (χ0n) is 21.8. The number of aliphatic hydroxyl groups excluding tert-OH is 1. The molecule has 2 amide bonds. The number of carbonyl (C=O) groups is 3. The molecule has 8 heteroatoms. The standard InChI is InChI=1S/C30H29BrN2O5/c1-17(34)32-21-11-13-22(14-12-21)33-26(18-6-9-20(10-7-18)30(2,3)4)25(28(36)29(33)37)27(35)19-8-15-24(38-5)23(31)16-19/h6-16,26,35H,1-5H3,(H,32,34)/b27-25-. The quantitative estimate of drug-likeness (QED) is 0.210. The molecule has 0 bridgehead atoms. The Kier molecular flexibility index (Phi) is 7.47. The predicted molar refractivity (Wildman–Crippen MR) is 151 cm³/mol. The number of ketones is 1. The lowest BCUT2D eigenvalue weighted by Gasteiger charge is -2.27. The molecule has 1 aliphatic rings. The van der Waals surface area contributed by atoms with Gasteiger partial charge in [0, 0.05) is 23.9 Å². The van der Waals surface area contributed by atoms with Crippen molar-refractivity contribution in [2.24, 2.45) is 0 Å². The van der Waals surface area contributed by atoms with Crippen LogP contribution in [0.3, 0.4) is 0 Å². The Morgan fingerprint density at radius 2 is 1.63 bits per heavy atom. The average Bonchev–Trinajstić information content (AvgIpc) is 3.13. The van der Waals surface area contributed by atoms with E-state index in [-0.39, 0.29) is 22.7 Å². The van der Waals surface area contributed by atoms with Gasteiger partial charge in [-0.2, -0.15) is 0 Å². The molecule has 2 N–H and O–H groups in total. The second-order valence-electron chi connectivity index (χ2n) is 10.1. The summed E-state index contributed by atoms with van der Waals surface area (Å²) in [6, 6.07) is 18.4. The van der Waals surface area contributed by atoms with Gasteiger partial charge in [-0.05, 0) is 74.9 Å². The largest absolute Gasteiger partial charge is 0.507 e. The van der Waals surface area contributed by atoms with Crippen LogP contribution < -0.4 is 15.0 Å². The summed E-state index contributed by atoms with van der Waals surface area (Å²) in [5, 5.41) is 14.1. The van der Waals surface area contributed by atoms with Crippen LogP contribution in [-0.4, -0.2) is 29.8 Å². The highest BCUT2D eigenvalue weighted by molar-refractivity contribution is 9.10. The molecule has 4 rings (SSSR count). The molecule has 196 valence electrons. The van der Waals surface area contributed by atoms with E-state index in [1.54, 1.807) is 42.5 Å². The smallest absolute Gasteiger partial charge is 0.300 e. The SMILES string of the molecule is COc1ccc(/C(O)=C2/C(=O)C(=O)N(c3ccc(NC(C)=O)cc3)C2c2ccc(C(C)(C)C)cc2)cc1Br. The Hall–Kier alpha value is -3.91. The van der Waals surface area contributed by atoms with Gasteiger partial charge in [0.1, 0.15) is 11.5 Å². The lowest BCUT2D eigenvalue weighted by atomic mass is 9.85. The zero-order chi connectivity index (χ0) is 27.8. The van der Waals surface area contributed by atoms with E-state index in [1.807, 2.05) is 24.3 Å². The molecule has 0 aliphatic carbocycles. The van der Waals surface area contributed by atoms with Gasteiger partial charge >= 0.3 is 0 Å². The molecule has 0 aromatic heterocycles. The van der Waals surface area contributed by atoms with Crippen LogP contribution in [0.5, 0.6) is 5.75 Å².